The average molecular weight is 434 g/mol. The molecular weight excluding hydrogens is 416 g/mol. The van der Waals surface area contributed by atoms with Crippen molar-refractivity contribution in [3.05, 3.63) is 62.9 Å². The molecule has 2 unspecified atom stereocenters. The third-order valence-electron chi connectivity index (χ3n) is 6.19. The van der Waals surface area contributed by atoms with E-state index in [0.29, 0.717) is 12.8 Å². The Hall–Kier alpha value is -2.71. The molecule has 1 aliphatic heterocycles. The van der Waals surface area contributed by atoms with E-state index >= 15 is 8.78 Å². The lowest BCUT2D eigenvalue weighted by molar-refractivity contribution is 0.0695. The van der Waals surface area contributed by atoms with Gasteiger partial charge in [0.1, 0.15) is 11.3 Å². The van der Waals surface area contributed by atoms with Gasteiger partial charge < -0.3 is 20.3 Å². The first-order chi connectivity index (χ1) is 14.2. The SMILES string of the molecule is NC12C=CC=CC1CN(c1c(F)c(Cl)c3c(=O)c(C(=O)O)cn(C4CC4)c3c1F)C2. The van der Waals surface area contributed by atoms with Gasteiger partial charge in [0.25, 0.3) is 0 Å². The van der Waals surface area contributed by atoms with Gasteiger partial charge in [-0.1, -0.05) is 35.9 Å². The van der Waals surface area contributed by atoms with E-state index in [2.05, 4.69) is 0 Å². The monoisotopic (exact) mass is 433 g/mol. The molecular formula is C21H18ClF2N3O3. The summed E-state index contributed by atoms with van der Waals surface area (Å²) in [7, 11) is 0. The maximum absolute atomic E-state index is 15.8. The van der Waals surface area contributed by atoms with E-state index in [9.17, 15) is 14.7 Å². The molecule has 0 spiro atoms. The smallest absolute Gasteiger partial charge is 0.341 e. The average Bonchev–Trinajstić information content (AvgIpc) is 3.47. The third kappa shape index (κ3) is 2.63. The predicted molar refractivity (Wildman–Crippen MR) is 109 cm³/mol. The Morgan fingerprint density at radius 2 is 2.00 bits per heavy atom. The number of carbonyl (C=O) groups is 1. The molecule has 1 aromatic carbocycles. The zero-order chi connectivity index (χ0) is 21.4. The lowest BCUT2D eigenvalue weighted by atomic mass is 9.85. The number of fused-ring (bicyclic) bond motifs is 2. The minimum absolute atomic E-state index is 0.129. The van der Waals surface area contributed by atoms with Crippen LogP contribution in [-0.2, 0) is 0 Å². The summed E-state index contributed by atoms with van der Waals surface area (Å²) >= 11 is 6.21. The van der Waals surface area contributed by atoms with Crippen LogP contribution in [0.1, 0.15) is 29.2 Å². The first-order valence-electron chi connectivity index (χ1n) is 9.61. The number of aromatic carboxylic acids is 1. The van der Waals surface area contributed by atoms with Crippen molar-refractivity contribution in [2.45, 2.75) is 24.4 Å². The fraction of sp³-hybridized carbons (Fsp3) is 0.333. The predicted octanol–water partition coefficient (Wildman–Crippen LogP) is 3.23. The van der Waals surface area contributed by atoms with E-state index in [-0.39, 0.29) is 36.3 Å². The Morgan fingerprint density at radius 3 is 2.63 bits per heavy atom. The van der Waals surface area contributed by atoms with Gasteiger partial charge in [0.2, 0.25) is 5.43 Å². The number of anilines is 1. The van der Waals surface area contributed by atoms with Gasteiger partial charge in [-0.05, 0) is 12.8 Å². The first-order valence-corrected chi connectivity index (χ1v) is 9.99. The molecule has 2 aliphatic carbocycles. The Labute approximate surface area is 174 Å². The second-order valence-corrected chi connectivity index (χ2v) is 8.55. The minimum Gasteiger partial charge on any atom is -0.477 e. The minimum atomic E-state index is -1.47. The van der Waals surface area contributed by atoms with Crippen molar-refractivity contribution >= 4 is 34.2 Å². The molecule has 1 saturated carbocycles. The zero-order valence-electron chi connectivity index (χ0n) is 15.7. The number of allylic oxidation sites excluding steroid dienone is 2. The maximum Gasteiger partial charge on any atom is 0.341 e. The molecule has 3 aliphatic rings. The molecule has 9 heteroatoms. The van der Waals surface area contributed by atoms with Crippen molar-refractivity contribution in [3.63, 3.8) is 0 Å². The van der Waals surface area contributed by atoms with Gasteiger partial charge in [-0.25, -0.2) is 13.6 Å². The number of hydrogen-bond acceptors (Lipinski definition) is 4. The zero-order valence-corrected chi connectivity index (χ0v) is 16.5. The summed E-state index contributed by atoms with van der Waals surface area (Å²) in [5.74, 6) is -3.61. The number of carboxylic acid groups (broad SMARTS) is 1. The number of benzene rings is 1. The van der Waals surface area contributed by atoms with Gasteiger partial charge in [-0.15, -0.1) is 0 Å². The van der Waals surface area contributed by atoms with Crippen LogP contribution in [0.15, 0.2) is 35.3 Å². The van der Waals surface area contributed by atoms with E-state index in [0.717, 1.165) is 6.20 Å². The lowest BCUT2D eigenvalue weighted by Gasteiger charge is -2.27. The molecule has 3 N–H and O–H groups in total. The summed E-state index contributed by atoms with van der Waals surface area (Å²) in [5, 5.41) is 8.36. The Bertz CT molecular complexity index is 1230. The molecule has 30 heavy (non-hydrogen) atoms. The fourth-order valence-corrected chi connectivity index (χ4v) is 4.76. The van der Waals surface area contributed by atoms with E-state index in [1.54, 1.807) is 6.08 Å². The van der Waals surface area contributed by atoms with Crippen molar-refractivity contribution in [1.29, 1.82) is 0 Å². The summed E-state index contributed by atoms with van der Waals surface area (Å²) in [6.45, 7) is 0.461. The molecule has 2 heterocycles. The Kier molecular flexibility index (Phi) is 4.10. The number of carboxylic acids is 1. The van der Waals surface area contributed by atoms with Crippen LogP contribution in [0.3, 0.4) is 0 Å². The van der Waals surface area contributed by atoms with E-state index < -0.39 is 44.5 Å². The number of pyridine rings is 1. The Morgan fingerprint density at radius 1 is 1.27 bits per heavy atom. The first kappa shape index (κ1) is 19.3. The molecule has 2 fully saturated rings. The molecule has 0 amide bonds. The van der Waals surface area contributed by atoms with Gasteiger partial charge in [-0.2, -0.15) is 0 Å². The molecule has 1 saturated heterocycles. The van der Waals surface area contributed by atoms with E-state index in [4.69, 9.17) is 17.3 Å². The van der Waals surface area contributed by atoms with Crippen molar-refractivity contribution in [1.82, 2.24) is 4.57 Å². The summed E-state index contributed by atoms with van der Waals surface area (Å²) in [6, 6.07) is -0.164. The van der Waals surface area contributed by atoms with E-state index in [1.807, 2.05) is 18.2 Å². The molecule has 156 valence electrons. The topological polar surface area (TPSA) is 88.6 Å². The van der Waals surface area contributed by atoms with Gasteiger partial charge in [0.15, 0.2) is 11.6 Å². The molecule has 0 radical (unpaired) electrons. The normalized spacial score (nSPS) is 25.2. The highest BCUT2D eigenvalue weighted by atomic mass is 35.5. The number of nitrogens with two attached hydrogens (primary N) is 1. The van der Waals surface area contributed by atoms with Crippen LogP contribution in [-0.4, -0.2) is 34.3 Å². The van der Waals surface area contributed by atoms with Crippen LogP contribution in [0, 0.1) is 17.6 Å². The van der Waals surface area contributed by atoms with Crippen molar-refractivity contribution in [3.8, 4) is 0 Å². The second kappa shape index (κ2) is 6.39. The Balaban J connectivity index is 1.78. The quantitative estimate of drug-likeness (QED) is 0.725. The number of hydrogen-bond donors (Lipinski definition) is 2. The van der Waals surface area contributed by atoms with Crippen LogP contribution in [0.4, 0.5) is 14.5 Å². The number of halogens is 3. The van der Waals surface area contributed by atoms with Crippen LogP contribution in [0.25, 0.3) is 10.9 Å². The van der Waals surface area contributed by atoms with Gasteiger partial charge >= 0.3 is 5.97 Å². The van der Waals surface area contributed by atoms with Crippen LogP contribution in [0.2, 0.25) is 5.02 Å². The fourth-order valence-electron chi connectivity index (χ4n) is 4.49. The van der Waals surface area contributed by atoms with Gasteiger partial charge in [0, 0.05) is 31.2 Å². The summed E-state index contributed by atoms with van der Waals surface area (Å²) in [6.07, 6.45) is 9.90. The van der Waals surface area contributed by atoms with Gasteiger partial charge in [-0.3, -0.25) is 4.79 Å². The maximum atomic E-state index is 15.8. The largest absolute Gasteiger partial charge is 0.477 e. The van der Waals surface area contributed by atoms with Crippen LogP contribution in [0.5, 0.6) is 0 Å². The van der Waals surface area contributed by atoms with E-state index in [1.165, 1.54) is 9.47 Å². The molecule has 0 bridgehead atoms. The standard InChI is InChI=1S/C21H18ClF2N3O3/c22-14-13-17(27(11-4-5-11)8-12(19(13)28)20(29)30)16(24)18(15(14)23)26-7-10-3-1-2-6-21(10,25)9-26/h1-3,6,8,10-11H,4-5,7,9,25H2,(H,29,30). The van der Waals surface area contributed by atoms with Crippen LogP contribution >= 0.6 is 11.6 Å². The molecule has 2 atom stereocenters. The number of aromatic nitrogens is 1. The molecule has 6 nitrogen and oxygen atoms in total. The molecule has 2 aromatic rings. The molecule has 5 rings (SSSR count). The summed E-state index contributed by atoms with van der Waals surface area (Å²) in [4.78, 5) is 25.7. The van der Waals surface area contributed by atoms with Crippen LogP contribution < -0.4 is 16.1 Å². The van der Waals surface area contributed by atoms with Crippen molar-refractivity contribution < 1.29 is 18.7 Å². The highest BCUT2D eigenvalue weighted by Crippen LogP contribution is 2.44. The highest BCUT2D eigenvalue weighted by Gasteiger charge is 2.44. The number of rotatable bonds is 3. The van der Waals surface area contributed by atoms with Crippen molar-refractivity contribution in [2.24, 2.45) is 11.7 Å². The van der Waals surface area contributed by atoms with Gasteiger partial charge in [0.05, 0.1) is 21.5 Å². The highest BCUT2D eigenvalue weighted by molar-refractivity contribution is 6.36. The lowest BCUT2D eigenvalue weighted by Crippen LogP contribution is -2.46. The third-order valence-corrected chi connectivity index (χ3v) is 6.55. The second-order valence-electron chi connectivity index (χ2n) is 8.17. The van der Waals surface area contributed by atoms with Crippen molar-refractivity contribution in [2.75, 3.05) is 18.0 Å². The molecule has 1 aromatic heterocycles. The summed E-state index contributed by atoms with van der Waals surface area (Å²) in [5.41, 5.74) is 3.59. The summed E-state index contributed by atoms with van der Waals surface area (Å²) < 4.78 is 32.5. The number of nitrogens with zero attached hydrogens (tertiary/aromatic N) is 2.